The highest BCUT2D eigenvalue weighted by atomic mass is 19.1. The number of nitrogens with zero attached hydrogens (tertiary/aromatic N) is 1. The summed E-state index contributed by atoms with van der Waals surface area (Å²) in [6.45, 7) is 4.25. The molecule has 2 N–H and O–H groups in total. The molecule has 1 amide bonds. The van der Waals surface area contributed by atoms with Gasteiger partial charge in [-0.05, 0) is 25.0 Å². The maximum atomic E-state index is 13.5. The number of hydrogen-bond donors (Lipinski definition) is 2. The number of aliphatic hydroxyl groups is 1. The molecule has 0 aliphatic carbocycles. The van der Waals surface area contributed by atoms with Crippen molar-refractivity contribution >= 4 is 11.6 Å². The first-order valence-corrected chi connectivity index (χ1v) is 7.12. The fourth-order valence-corrected chi connectivity index (χ4v) is 2.30. The second kappa shape index (κ2) is 8.69. The van der Waals surface area contributed by atoms with E-state index in [-0.39, 0.29) is 19.2 Å². The van der Waals surface area contributed by atoms with Crippen molar-refractivity contribution in [2.45, 2.75) is 32.7 Å². The molecule has 0 spiro atoms. The monoisotopic (exact) mass is 300 g/mol. The summed E-state index contributed by atoms with van der Waals surface area (Å²) < 4.78 is 27.0. The highest BCUT2D eigenvalue weighted by Crippen LogP contribution is 2.18. The number of aliphatic hydroxyl groups excluding tert-OH is 1. The fraction of sp³-hybridized carbons (Fsp3) is 0.533. The van der Waals surface area contributed by atoms with E-state index in [1.54, 1.807) is 0 Å². The molecule has 0 saturated heterocycles. The maximum Gasteiger partial charge on any atom is 0.238 e. The fourth-order valence-electron chi connectivity index (χ4n) is 2.30. The summed E-state index contributed by atoms with van der Waals surface area (Å²) >= 11 is 0. The first kappa shape index (κ1) is 17.5. The Labute approximate surface area is 123 Å². The van der Waals surface area contributed by atoms with Crippen LogP contribution in [-0.4, -0.2) is 41.7 Å². The van der Waals surface area contributed by atoms with E-state index < -0.39 is 23.2 Å². The summed E-state index contributed by atoms with van der Waals surface area (Å²) in [5.74, 6) is -2.11. The quantitative estimate of drug-likeness (QED) is 0.775. The first-order chi connectivity index (χ1) is 10.0. The molecule has 0 radical (unpaired) electrons. The van der Waals surface area contributed by atoms with Crippen molar-refractivity contribution in [3.63, 3.8) is 0 Å². The largest absolute Gasteiger partial charge is 0.395 e. The van der Waals surface area contributed by atoms with E-state index >= 15 is 0 Å². The van der Waals surface area contributed by atoms with Crippen LogP contribution >= 0.6 is 0 Å². The number of carbonyl (C=O) groups is 1. The molecule has 0 fully saturated rings. The SMILES string of the molecule is CCC(CC)N(CCO)CC(=O)Nc1c(F)cccc1F. The molecule has 1 rings (SSSR count). The molecule has 118 valence electrons. The number of carbonyl (C=O) groups excluding carboxylic acids is 1. The minimum Gasteiger partial charge on any atom is -0.395 e. The summed E-state index contributed by atoms with van der Waals surface area (Å²) in [5.41, 5.74) is -0.434. The van der Waals surface area contributed by atoms with E-state index in [2.05, 4.69) is 5.32 Å². The average Bonchev–Trinajstić information content (AvgIpc) is 2.44. The van der Waals surface area contributed by atoms with Crippen LogP contribution in [0, 0.1) is 11.6 Å². The molecule has 0 aliphatic rings. The molecule has 0 saturated carbocycles. The van der Waals surface area contributed by atoms with Crippen molar-refractivity contribution in [2.75, 3.05) is 25.0 Å². The van der Waals surface area contributed by atoms with Crippen LogP contribution in [0.4, 0.5) is 14.5 Å². The van der Waals surface area contributed by atoms with Crippen LogP contribution in [0.15, 0.2) is 18.2 Å². The topological polar surface area (TPSA) is 52.6 Å². The number of anilines is 1. The zero-order chi connectivity index (χ0) is 15.8. The molecule has 1 aromatic carbocycles. The van der Waals surface area contributed by atoms with Gasteiger partial charge in [-0.1, -0.05) is 19.9 Å². The predicted molar refractivity (Wildman–Crippen MR) is 78.0 cm³/mol. The number of rotatable bonds is 8. The van der Waals surface area contributed by atoms with Gasteiger partial charge < -0.3 is 10.4 Å². The van der Waals surface area contributed by atoms with Gasteiger partial charge in [0.1, 0.15) is 17.3 Å². The highest BCUT2D eigenvalue weighted by molar-refractivity contribution is 5.92. The summed E-state index contributed by atoms with van der Waals surface area (Å²) in [6.07, 6.45) is 1.66. The lowest BCUT2D eigenvalue weighted by atomic mass is 10.1. The zero-order valence-corrected chi connectivity index (χ0v) is 12.4. The van der Waals surface area contributed by atoms with Crippen molar-refractivity contribution in [3.05, 3.63) is 29.8 Å². The zero-order valence-electron chi connectivity index (χ0n) is 12.4. The average molecular weight is 300 g/mol. The molecule has 0 heterocycles. The Hall–Kier alpha value is -1.53. The highest BCUT2D eigenvalue weighted by Gasteiger charge is 2.19. The lowest BCUT2D eigenvalue weighted by Crippen LogP contribution is -2.42. The van der Waals surface area contributed by atoms with E-state index in [0.29, 0.717) is 6.54 Å². The number of benzene rings is 1. The molecule has 21 heavy (non-hydrogen) atoms. The van der Waals surface area contributed by atoms with Gasteiger partial charge in [0, 0.05) is 12.6 Å². The van der Waals surface area contributed by atoms with Gasteiger partial charge >= 0.3 is 0 Å². The van der Waals surface area contributed by atoms with Gasteiger partial charge in [-0.25, -0.2) is 8.78 Å². The van der Waals surface area contributed by atoms with Crippen molar-refractivity contribution in [1.82, 2.24) is 4.90 Å². The van der Waals surface area contributed by atoms with Crippen LogP contribution < -0.4 is 5.32 Å². The summed E-state index contributed by atoms with van der Waals surface area (Å²) in [5, 5.41) is 11.3. The van der Waals surface area contributed by atoms with Crippen LogP contribution in [0.25, 0.3) is 0 Å². The molecule has 6 heteroatoms. The number of amides is 1. The first-order valence-electron chi connectivity index (χ1n) is 7.12. The third kappa shape index (κ3) is 5.06. The predicted octanol–water partition coefficient (Wildman–Crippen LogP) is 2.39. The normalized spacial score (nSPS) is 11.2. The molecule has 0 bridgehead atoms. The second-order valence-corrected chi connectivity index (χ2v) is 4.81. The molecule has 1 aromatic rings. The minimum absolute atomic E-state index is 0.0132. The third-order valence-corrected chi connectivity index (χ3v) is 3.42. The lowest BCUT2D eigenvalue weighted by Gasteiger charge is -2.29. The van der Waals surface area contributed by atoms with Gasteiger partial charge in [0.25, 0.3) is 0 Å². The van der Waals surface area contributed by atoms with Crippen LogP contribution in [0.1, 0.15) is 26.7 Å². The molecule has 0 unspecified atom stereocenters. The Kier molecular flexibility index (Phi) is 7.25. The Morgan fingerprint density at radius 3 is 2.33 bits per heavy atom. The number of para-hydroxylation sites is 1. The van der Waals surface area contributed by atoms with Crippen LogP contribution in [0.5, 0.6) is 0 Å². The smallest absolute Gasteiger partial charge is 0.238 e. The van der Waals surface area contributed by atoms with Gasteiger partial charge in [0.15, 0.2) is 0 Å². The molecule has 0 aromatic heterocycles. The molecular formula is C15H22F2N2O2. The lowest BCUT2D eigenvalue weighted by molar-refractivity contribution is -0.118. The summed E-state index contributed by atoms with van der Waals surface area (Å²) in [6, 6.07) is 3.56. The molecule has 0 atom stereocenters. The molecule has 4 nitrogen and oxygen atoms in total. The van der Waals surface area contributed by atoms with Gasteiger partial charge in [-0.3, -0.25) is 9.69 Å². The number of nitrogens with one attached hydrogen (secondary N) is 1. The maximum absolute atomic E-state index is 13.5. The van der Waals surface area contributed by atoms with Crippen LogP contribution in [0.2, 0.25) is 0 Å². The van der Waals surface area contributed by atoms with Crippen LogP contribution in [-0.2, 0) is 4.79 Å². The Bertz CT molecular complexity index is 445. The van der Waals surface area contributed by atoms with E-state index in [0.717, 1.165) is 25.0 Å². The van der Waals surface area contributed by atoms with Crippen molar-refractivity contribution in [3.8, 4) is 0 Å². The molecular weight excluding hydrogens is 278 g/mol. The van der Waals surface area contributed by atoms with E-state index in [4.69, 9.17) is 5.11 Å². The summed E-state index contributed by atoms with van der Waals surface area (Å²) in [7, 11) is 0. The summed E-state index contributed by atoms with van der Waals surface area (Å²) in [4.78, 5) is 13.8. The van der Waals surface area contributed by atoms with E-state index in [9.17, 15) is 13.6 Å². The van der Waals surface area contributed by atoms with Crippen molar-refractivity contribution in [1.29, 1.82) is 0 Å². The minimum atomic E-state index is -0.806. The second-order valence-electron chi connectivity index (χ2n) is 4.81. The van der Waals surface area contributed by atoms with Crippen LogP contribution in [0.3, 0.4) is 0 Å². The standard InChI is InChI=1S/C15H22F2N2O2/c1-3-11(4-2)19(8-9-20)10-14(21)18-15-12(16)6-5-7-13(15)17/h5-7,11,20H,3-4,8-10H2,1-2H3,(H,18,21). The van der Waals surface area contributed by atoms with Gasteiger partial charge in [0.05, 0.1) is 13.2 Å². The Morgan fingerprint density at radius 2 is 1.86 bits per heavy atom. The van der Waals surface area contributed by atoms with E-state index in [1.165, 1.54) is 6.07 Å². The van der Waals surface area contributed by atoms with Gasteiger partial charge in [-0.15, -0.1) is 0 Å². The number of halogens is 2. The number of hydrogen-bond acceptors (Lipinski definition) is 3. The van der Waals surface area contributed by atoms with Crippen molar-refractivity contribution in [2.24, 2.45) is 0 Å². The Balaban J connectivity index is 2.74. The molecule has 0 aliphatic heterocycles. The van der Waals surface area contributed by atoms with Crippen molar-refractivity contribution < 1.29 is 18.7 Å². The third-order valence-electron chi connectivity index (χ3n) is 3.42. The van der Waals surface area contributed by atoms with E-state index in [1.807, 2.05) is 18.7 Å². The Morgan fingerprint density at radius 1 is 1.29 bits per heavy atom. The van der Waals surface area contributed by atoms with Gasteiger partial charge in [-0.2, -0.15) is 0 Å². The van der Waals surface area contributed by atoms with Gasteiger partial charge in [0.2, 0.25) is 5.91 Å².